The molecular formula is C21H22FN3O3. The van der Waals surface area contributed by atoms with Crippen LogP contribution in [0.4, 0.5) is 4.39 Å². The van der Waals surface area contributed by atoms with Crippen molar-refractivity contribution in [3.8, 4) is 17.1 Å². The molecule has 2 aromatic carbocycles. The van der Waals surface area contributed by atoms with E-state index in [0.29, 0.717) is 47.8 Å². The molecule has 0 atom stereocenters. The van der Waals surface area contributed by atoms with Gasteiger partial charge in [0.25, 0.3) is 5.56 Å². The van der Waals surface area contributed by atoms with Crippen LogP contribution in [0.5, 0.6) is 5.75 Å². The van der Waals surface area contributed by atoms with E-state index in [1.165, 1.54) is 12.1 Å². The molecule has 0 unspecified atom stereocenters. The second-order valence-corrected chi connectivity index (χ2v) is 6.74. The highest BCUT2D eigenvalue weighted by Gasteiger charge is 2.16. The number of hydrogen-bond donors (Lipinski definition) is 0. The molecule has 2 heterocycles. The normalized spacial score (nSPS) is 15.1. The van der Waals surface area contributed by atoms with Crippen LogP contribution in [-0.2, 0) is 11.3 Å². The summed E-state index contributed by atoms with van der Waals surface area (Å²) in [5.74, 6) is 0.836. The third-order valence-corrected chi connectivity index (χ3v) is 5.01. The number of rotatable bonds is 5. The molecule has 4 rings (SSSR count). The monoisotopic (exact) mass is 383 g/mol. The molecule has 1 fully saturated rings. The average Bonchev–Trinajstić information content (AvgIpc) is 2.74. The Balaban J connectivity index is 1.79. The Morgan fingerprint density at radius 1 is 1.11 bits per heavy atom. The van der Waals surface area contributed by atoms with Crippen LogP contribution in [0, 0.1) is 5.82 Å². The van der Waals surface area contributed by atoms with Crippen molar-refractivity contribution in [2.24, 2.45) is 0 Å². The minimum atomic E-state index is -0.326. The Morgan fingerprint density at radius 2 is 1.86 bits per heavy atom. The quantitative estimate of drug-likeness (QED) is 0.678. The minimum Gasteiger partial charge on any atom is -0.497 e. The number of hydrogen-bond acceptors (Lipinski definition) is 5. The van der Waals surface area contributed by atoms with Crippen molar-refractivity contribution < 1.29 is 13.9 Å². The smallest absolute Gasteiger partial charge is 0.261 e. The van der Waals surface area contributed by atoms with E-state index in [-0.39, 0.29) is 11.4 Å². The largest absolute Gasteiger partial charge is 0.497 e. The molecule has 1 aliphatic heterocycles. The molecule has 0 radical (unpaired) electrons. The summed E-state index contributed by atoms with van der Waals surface area (Å²) in [5, 5.41) is 0.536. The van der Waals surface area contributed by atoms with Gasteiger partial charge < -0.3 is 9.47 Å². The molecule has 0 bridgehead atoms. The van der Waals surface area contributed by atoms with Gasteiger partial charge in [-0.1, -0.05) is 0 Å². The lowest BCUT2D eigenvalue weighted by molar-refractivity contribution is 0.0363. The molecule has 7 heteroatoms. The van der Waals surface area contributed by atoms with Crippen LogP contribution in [0.15, 0.2) is 47.3 Å². The Labute approximate surface area is 162 Å². The summed E-state index contributed by atoms with van der Waals surface area (Å²) in [6.07, 6.45) is 0. The molecule has 28 heavy (non-hydrogen) atoms. The number of halogens is 1. The van der Waals surface area contributed by atoms with E-state index < -0.39 is 0 Å². The number of ether oxygens (including phenoxy) is 2. The van der Waals surface area contributed by atoms with Crippen LogP contribution in [0.3, 0.4) is 0 Å². The van der Waals surface area contributed by atoms with Gasteiger partial charge in [-0.25, -0.2) is 9.37 Å². The fourth-order valence-corrected chi connectivity index (χ4v) is 3.42. The van der Waals surface area contributed by atoms with Gasteiger partial charge in [-0.2, -0.15) is 0 Å². The van der Waals surface area contributed by atoms with E-state index in [2.05, 4.69) is 4.90 Å². The van der Waals surface area contributed by atoms with Crippen LogP contribution < -0.4 is 10.3 Å². The maximum absolute atomic E-state index is 13.4. The predicted octanol–water partition coefficient (Wildman–Crippen LogP) is 2.54. The highest BCUT2D eigenvalue weighted by atomic mass is 19.1. The number of methoxy groups -OCH3 is 1. The topological polar surface area (TPSA) is 56.6 Å². The van der Waals surface area contributed by atoms with Crippen LogP contribution in [0.2, 0.25) is 0 Å². The lowest BCUT2D eigenvalue weighted by atomic mass is 10.1. The second kappa shape index (κ2) is 8.08. The van der Waals surface area contributed by atoms with Gasteiger partial charge in [0.05, 0.1) is 31.2 Å². The molecule has 0 aliphatic carbocycles. The molecule has 0 spiro atoms. The molecule has 0 amide bonds. The SMILES string of the molecule is COc1ccc2c(=O)n(CCN3CCOCC3)c(-c3ccc(F)cc3)nc2c1. The van der Waals surface area contributed by atoms with E-state index in [0.717, 1.165) is 19.6 Å². The lowest BCUT2D eigenvalue weighted by Crippen LogP contribution is -2.39. The van der Waals surface area contributed by atoms with Crippen molar-refractivity contribution in [2.75, 3.05) is 40.0 Å². The maximum atomic E-state index is 13.4. The van der Waals surface area contributed by atoms with Gasteiger partial charge in [0.1, 0.15) is 17.4 Å². The van der Waals surface area contributed by atoms with Crippen molar-refractivity contribution in [2.45, 2.75) is 6.54 Å². The lowest BCUT2D eigenvalue weighted by Gasteiger charge is -2.27. The molecule has 146 valence electrons. The summed E-state index contributed by atoms with van der Waals surface area (Å²) >= 11 is 0. The van der Waals surface area contributed by atoms with Crippen LogP contribution >= 0.6 is 0 Å². The number of fused-ring (bicyclic) bond motifs is 1. The van der Waals surface area contributed by atoms with Gasteiger partial charge in [0.15, 0.2) is 0 Å². The first-order valence-corrected chi connectivity index (χ1v) is 9.30. The summed E-state index contributed by atoms with van der Waals surface area (Å²) in [6, 6.07) is 11.3. The fraction of sp³-hybridized carbons (Fsp3) is 0.333. The van der Waals surface area contributed by atoms with Crippen LogP contribution in [0.25, 0.3) is 22.3 Å². The molecule has 1 saturated heterocycles. The highest BCUT2D eigenvalue weighted by Crippen LogP contribution is 2.22. The van der Waals surface area contributed by atoms with Crippen LogP contribution in [-0.4, -0.2) is 54.4 Å². The summed E-state index contributed by atoms with van der Waals surface area (Å²) in [5.41, 5.74) is 1.15. The highest BCUT2D eigenvalue weighted by molar-refractivity contribution is 5.81. The van der Waals surface area contributed by atoms with Crippen molar-refractivity contribution in [3.05, 3.63) is 58.6 Å². The molecule has 6 nitrogen and oxygen atoms in total. The number of nitrogens with zero attached hydrogens (tertiary/aromatic N) is 3. The molecule has 1 aliphatic rings. The Hall–Kier alpha value is -2.77. The predicted molar refractivity (Wildman–Crippen MR) is 105 cm³/mol. The first-order chi connectivity index (χ1) is 13.7. The Bertz CT molecular complexity index is 1030. The van der Waals surface area contributed by atoms with Gasteiger partial charge in [-0.3, -0.25) is 14.3 Å². The van der Waals surface area contributed by atoms with Crippen molar-refractivity contribution in [3.63, 3.8) is 0 Å². The Morgan fingerprint density at radius 3 is 2.57 bits per heavy atom. The minimum absolute atomic E-state index is 0.111. The van der Waals surface area contributed by atoms with Gasteiger partial charge in [0, 0.05) is 37.8 Å². The molecule has 1 aromatic heterocycles. The molecule has 3 aromatic rings. The maximum Gasteiger partial charge on any atom is 0.261 e. The summed E-state index contributed by atoms with van der Waals surface area (Å²) in [7, 11) is 1.58. The Kier molecular flexibility index (Phi) is 5.36. The van der Waals surface area contributed by atoms with E-state index in [9.17, 15) is 9.18 Å². The van der Waals surface area contributed by atoms with Gasteiger partial charge in [0.2, 0.25) is 0 Å². The summed E-state index contributed by atoms with van der Waals surface area (Å²) in [6.45, 7) is 4.32. The zero-order valence-electron chi connectivity index (χ0n) is 15.7. The third kappa shape index (κ3) is 3.76. The summed E-state index contributed by atoms with van der Waals surface area (Å²) < 4.78 is 25.7. The fourth-order valence-electron chi connectivity index (χ4n) is 3.42. The van der Waals surface area contributed by atoms with Crippen molar-refractivity contribution >= 4 is 10.9 Å². The van der Waals surface area contributed by atoms with Crippen molar-refractivity contribution in [1.29, 1.82) is 0 Å². The second-order valence-electron chi connectivity index (χ2n) is 6.74. The zero-order chi connectivity index (χ0) is 19.5. The first kappa shape index (κ1) is 18.6. The molecular weight excluding hydrogens is 361 g/mol. The average molecular weight is 383 g/mol. The first-order valence-electron chi connectivity index (χ1n) is 9.30. The van der Waals surface area contributed by atoms with E-state index in [4.69, 9.17) is 14.5 Å². The van der Waals surface area contributed by atoms with Gasteiger partial charge in [-0.05, 0) is 36.4 Å². The van der Waals surface area contributed by atoms with Gasteiger partial charge >= 0.3 is 0 Å². The summed E-state index contributed by atoms with van der Waals surface area (Å²) in [4.78, 5) is 20.2. The van der Waals surface area contributed by atoms with Gasteiger partial charge in [-0.15, -0.1) is 0 Å². The van der Waals surface area contributed by atoms with Crippen LogP contribution in [0.1, 0.15) is 0 Å². The molecule has 0 saturated carbocycles. The van der Waals surface area contributed by atoms with E-state index in [1.54, 1.807) is 42.0 Å². The number of aromatic nitrogens is 2. The van der Waals surface area contributed by atoms with E-state index >= 15 is 0 Å². The van der Waals surface area contributed by atoms with E-state index in [1.807, 2.05) is 0 Å². The number of morpholine rings is 1. The zero-order valence-corrected chi connectivity index (χ0v) is 15.7. The number of benzene rings is 2. The van der Waals surface area contributed by atoms with Crippen molar-refractivity contribution in [1.82, 2.24) is 14.5 Å². The standard InChI is InChI=1S/C21H22FN3O3/c1-27-17-6-7-18-19(14-17)23-20(15-2-4-16(22)5-3-15)25(21(18)26)9-8-24-10-12-28-13-11-24/h2-7,14H,8-13H2,1H3. The molecule has 0 N–H and O–H groups in total. The third-order valence-electron chi connectivity index (χ3n) is 5.01.